The molecular formula is C22H24N6O2. The van der Waals surface area contributed by atoms with Crippen molar-refractivity contribution in [3.05, 3.63) is 72.7 Å². The number of fused-ring (bicyclic) bond motifs is 1. The average molecular weight is 404 g/mol. The molecule has 0 radical (unpaired) electrons. The number of rotatable bonds is 5. The summed E-state index contributed by atoms with van der Waals surface area (Å²) >= 11 is 0. The molecule has 4 rings (SSSR count). The number of ether oxygens (including phenoxy) is 1. The highest BCUT2D eigenvalue weighted by atomic mass is 16.5. The number of aromatic nitrogens is 3. The summed E-state index contributed by atoms with van der Waals surface area (Å²) in [6.45, 7) is 4.11. The zero-order valence-electron chi connectivity index (χ0n) is 17.2. The van der Waals surface area contributed by atoms with Gasteiger partial charge in [-0.25, -0.2) is 4.68 Å². The van der Waals surface area contributed by atoms with Crippen molar-refractivity contribution in [3.8, 4) is 5.75 Å². The fraction of sp³-hybridized carbons (Fsp3) is 0.227. The average Bonchev–Trinajstić information content (AvgIpc) is 3.21. The van der Waals surface area contributed by atoms with Gasteiger partial charge in [0.05, 0.1) is 18.8 Å². The van der Waals surface area contributed by atoms with Gasteiger partial charge in [0, 0.05) is 25.5 Å². The predicted octanol–water partition coefficient (Wildman–Crippen LogP) is 3.14. The summed E-state index contributed by atoms with van der Waals surface area (Å²) in [5.74, 6) is 0.339. The topological polar surface area (TPSA) is 84.3 Å². The van der Waals surface area contributed by atoms with Crippen LogP contribution in [0.1, 0.15) is 11.6 Å². The molecule has 0 bridgehead atoms. The molecule has 8 nitrogen and oxygen atoms in total. The first kappa shape index (κ1) is 19.5. The molecule has 3 aromatic rings. The van der Waals surface area contributed by atoms with E-state index in [-0.39, 0.29) is 11.9 Å². The van der Waals surface area contributed by atoms with Crippen LogP contribution in [0.4, 0.5) is 17.3 Å². The SMILES string of the molecule is C=C1Nc2ncnn2[C@H](c2ccc(N(C)C)cc2)[C@H]1C(=O)Nc1ccccc1OC. The summed E-state index contributed by atoms with van der Waals surface area (Å²) in [4.78, 5) is 19.7. The number of nitrogens with one attached hydrogen (secondary N) is 2. The molecule has 8 heteroatoms. The van der Waals surface area contributed by atoms with Crippen molar-refractivity contribution in [2.75, 3.05) is 36.7 Å². The van der Waals surface area contributed by atoms with Crippen molar-refractivity contribution in [2.45, 2.75) is 6.04 Å². The number of nitrogens with zero attached hydrogens (tertiary/aromatic N) is 4. The quantitative estimate of drug-likeness (QED) is 0.680. The van der Waals surface area contributed by atoms with Crippen molar-refractivity contribution in [1.82, 2.24) is 14.8 Å². The molecule has 0 saturated heterocycles. The minimum absolute atomic E-state index is 0.208. The summed E-state index contributed by atoms with van der Waals surface area (Å²) in [6, 6.07) is 15.0. The van der Waals surface area contributed by atoms with E-state index in [1.165, 1.54) is 6.33 Å². The van der Waals surface area contributed by atoms with Crippen LogP contribution >= 0.6 is 0 Å². The number of anilines is 3. The van der Waals surface area contributed by atoms with Crippen molar-refractivity contribution >= 4 is 23.2 Å². The number of para-hydroxylation sites is 2. The molecule has 2 aromatic carbocycles. The molecule has 1 aliphatic heterocycles. The lowest BCUT2D eigenvalue weighted by Crippen LogP contribution is -2.39. The summed E-state index contributed by atoms with van der Waals surface area (Å²) in [6.07, 6.45) is 1.47. The first-order chi connectivity index (χ1) is 14.5. The third kappa shape index (κ3) is 3.47. The molecule has 2 N–H and O–H groups in total. The third-order valence-electron chi connectivity index (χ3n) is 5.20. The van der Waals surface area contributed by atoms with Gasteiger partial charge >= 0.3 is 0 Å². The Hall–Kier alpha value is -3.81. The molecule has 2 atom stereocenters. The largest absolute Gasteiger partial charge is 0.495 e. The second kappa shape index (κ2) is 7.90. The number of carbonyl (C=O) groups excluding carboxylic acids is 1. The van der Waals surface area contributed by atoms with E-state index in [1.807, 2.05) is 55.4 Å². The molecule has 0 saturated carbocycles. The monoisotopic (exact) mass is 404 g/mol. The molecule has 0 aliphatic carbocycles. The maximum atomic E-state index is 13.4. The van der Waals surface area contributed by atoms with Crippen LogP contribution in [0, 0.1) is 5.92 Å². The Morgan fingerprint density at radius 2 is 1.93 bits per heavy atom. The Morgan fingerprint density at radius 3 is 2.63 bits per heavy atom. The van der Waals surface area contributed by atoms with Crippen LogP contribution in [0.2, 0.25) is 0 Å². The molecule has 1 amide bonds. The Morgan fingerprint density at radius 1 is 1.20 bits per heavy atom. The lowest BCUT2D eigenvalue weighted by atomic mass is 9.88. The number of carbonyl (C=O) groups is 1. The van der Waals surface area contributed by atoms with Gasteiger partial charge in [-0.15, -0.1) is 0 Å². The van der Waals surface area contributed by atoms with E-state index >= 15 is 0 Å². The predicted molar refractivity (Wildman–Crippen MR) is 117 cm³/mol. The molecule has 2 heterocycles. The Bertz CT molecular complexity index is 1070. The second-order valence-electron chi connectivity index (χ2n) is 7.28. The van der Waals surface area contributed by atoms with Crippen LogP contribution in [0.15, 0.2) is 67.1 Å². The van der Waals surface area contributed by atoms with Crippen molar-refractivity contribution in [1.29, 1.82) is 0 Å². The molecule has 0 spiro atoms. The first-order valence-corrected chi connectivity index (χ1v) is 9.56. The van der Waals surface area contributed by atoms with Crippen LogP contribution in [0.5, 0.6) is 5.75 Å². The highest BCUT2D eigenvalue weighted by Gasteiger charge is 2.39. The van der Waals surface area contributed by atoms with Crippen molar-refractivity contribution in [3.63, 3.8) is 0 Å². The Kier molecular flexibility index (Phi) is 5.14. The molecule has 0 unspecified atom stereocenters. The van der Waals surface area contributed by atoms with Crippen LogP contribution in [-0.4, -0.2) is 41.9 Å². The fourth-order valence-corrected chi connectivity index (χ4v) is 3.66. The van der Waals surface area contributed by atoms with E-state index in [4.69, 9.17) is 4.74 Å². The number of benzene rings is 2. The molecule has 154 valence electrons. The molecule has 30 heavy (non-hydrogen) atoms. The van der Waals surface area contributed by atoms with Gasteiger partial charge < -0.3 is 20.3 Å². The van der Waals surface area contributed by atoms with Gasteiger partial charge in [-0.2, -0.15) is 10.1 Å². The third-order valence-corrected chi connectivity index (χ3v) is 5.20. The minimum Gasteiger partial charge on any atom is -0.495 e. The smallest absolute Gasteiger partial charge is 0.236 e. The molecular weight excluding hydrogens is 380 g/mol. The maximum absolute atomic E-state index is 13.4. The maximum Gasteiger partial charge on any atom is 0.236 e. The molecule has 1 aliphatic rings. The van der Waals surface area contributed by atoms with E-state index in [2.05, 4.69) is 27.3 Å². The van der Waals surface area contributed by atoms with Gasteiger partial charge in [-0.05, 0) is 29.8 Å². The fourth-order valence-electron chi connectivity index (χ4n) is 3.66. The summed E-state index contributed by atoms with van der Waals surface area (Å²) in [5.41, 5.74) is 3.17. The van der Waals surface area contributed by atoms with Crippen LogP contribution in [-0.2, 0) is 4.79 Å². The number of amides is 1. The number of methoxy groups -OCH3 is 1. The van der Waals surface area contributed by atoms with Crippen LogP contribution in [0.3, 0.4) is 0 Å². The van der Waals surface area contributed by atoms with Crippen molar-refractivity contribution in [2.24, 2.45) is 5.92 Å². The van der Waals surface area contributed by atoms with E-state index < -0.39 is 5.92 Å². The summed E-state index contributed by atoms with van der Waals surface area (Å²) in [5, 5.41) is 10.5. The van der Waals surface area contributed by atoms with Gasteiger partial charge in [-0.3, -0.25) is 4.79 Å². The summed E-state index contributed by atoms with van der Waals surface area (Å²) < 4.78 is 7.09. The van der Waals surface area contributed by atoms with Crippen LogP contribution < -0.4 is 20.3 Å². The van der Waals surface area contributed by atoms with Gasteiger partial charge in [0.2, 0.25) is 11.9 Å². The van der Waals surface area contributed by atoms with E-state index in [9.17, 15) is 4.79 Å². The lowest BCUT2D eigenvalue weighted by molar-refractivity contribution is -0.119. The van der Waals surface area contributed by atoms with Crippen LogP contribution in [0.25, 0.3) is 0 Å². The van der Waals surface area contributed by atoms with Gasteiger partial charge in [0.1, 0.15) is 18.0 Å². The first-order valence-electron chi connectivity index (χ1n) is 9.56. The lowest BCUT2D eigenvalue weighted by Gasteiger charge is -2.34. The Balaban J connectivity index is 1.72. The van der Waals surface area contributed by atoms with Gasteiger partial charge in [0.25, 0.3) is 0 Å². The van der Waals surface area contributed by atoms with Gasteiger partial charge in [0.15, 0.2) is 0 Å². The van der Waals surface area contributed by atoms with E-state index in [0.717, 1.165) is 11.3 Å². The second-order valence-corrected chi connectivity index (χ2v) is 7.28. The minimum atomic E-state index is -0.602. The molecule has 0 fully saturated rings. The zero-order chi connectivity index (χ0) is 21.3. The number of hydrogen-bond donors (Lipinski definition) is 2. The highest BCUT2D eigenvalue weighted by molar-refractivity contribution is 5.97. The number of hydrogen-bond acceptors (Lipinski definition) is 6. The van der Waals surface area contributed by atoms with E-state index in [0.29, 0.717) is 23.1 Å². The molecule has 1 aromatic heterocycles. The summed E-state index contributed by atoms with van der Waals surface area (Å²) in [7, 11) is 5.55. The van der Waals surface area contributed by atoms with Crippen molar-refractivity contribution < 1.29 is 9.53 Å². The van der Waals surface area contributed by atoms with Gasteiger partial charge in [-0.1, -0.05) is 30.8 Å². The Labute approximate surface area is 175 Å². The normalized spacial score (nSPS) is 17.6. The van der Waals surface area contributed by atoms with E-state index in [1.54, 1.807) is 23.9 Å². The zero-order valence-corrected chi connectivity index (χ0v) is 17.2. The highest BCUT2D eigenvalue weighted by Crippen LogP contribution is 2.38. The standard InChI is InChI=1S/C22H24N6O2/c1-14-19(21(29)26-17-7-5-6-8-18(17)30-4)20(28-22(25-14)23-13-24-28)15-9-11-16(12-10-15)27(2)3/h5-13,19-20H,1H2,2-4H3,(H,26,29)(H,23,24,25)/t19-,20+/m0/s1.